The molecule has 1 N–H and O–H groups in total. The van der Waals surface area contributed by atoms with Gasteiger partial charge in [-0.2, -0.15) is 0 Å². The van der Waals surface area contributed by atoms with Crippen molar-refractivity contribution in [3.63, 3.8) is 0 Å². The summed E-state index contributed by atoms with van der Waals surface area (Å²) in [4.78, 5) is 19.1. The SMILES string of the molecule is CCNc1ccc(C(=O)N(CC(C)C)C(CC)CC)cn1. The summed E-state index contributed by atoms with van der Waals surface area (Å²) in [6.45, 7) is 12.2. The van der Waals surface area contributed by atoms with Crippen LogP contribution in [0.4, 0.5) is 5.82 Å². The number of amides is 1. The largest absolute Gasteiger partial charge is 0.370 e. The number of hydrogen-bond donors (Lipinski definition) is 1. The summed E-state index contributed by atoms with van der Waals surface area (Å²) in [5.41, 5.74) is 0.671. The molecule has 0 aromatic carbocycles. The fourth-order valence-electron chi connectivity index (χ4n) is 2.49. The molecule has 118 valence electrons. The molecule has 0 fully saturated rings. The van der Waals surface area contributed by atoms with Gasteiger partial charge in [-0.3, -0.25) is 4.79 Å². The first-order chi connectivity index (χ1) is 10.0. The first kappa shape index (κ1) is 17.5. The van der Waals surface area contributed by atoms with Crippen LogP contribution in [0.15, 0.2) is 18.3 Å². The molecule has 21 heavy (non-hydrogen) atoms. The smallest absolute Gasteiger partial charge is 0.255 e. The van der Waals surface area contributed by atoms with Crippen LogP contribution in [0.25, 0.3) is 0 Å². The lowest BCUT2D eigenvalue weighted by Gasteiger charge is -2.32. The zero-order valence-corrected chi connectivity index (χ0v) is 14.0. The third-order valence-corrected chi connectivity index (χ3v) is 3.57. The summed E-state index contributed by atoms with van der Waals surface area (Å²) in [6, 6.07) is 4.04. The average molecular weight is 291 g/mol. The maximum Gasteiger partial charge on any atom is 0.255 e. The quantitative estimate of drug-likeness (QED) is 0.792. The van der Waals surface area contributed by atoms with E-state index in [1.807, 2.05) is 24.0 Å². The second-order valence-corrected chi connectivity index (χ2v) is 5.78. The van der Waals surface area contributed by atoms with Crippen molar-refractivity contribution in [3.8, 4) is 0 Å². The summed E-state index contributed by atoms with van der Waals surface area (Å²) >= 11 is 0. The van der Waals surface area contributed by atoms with Gasteiger partial charge in [-0.05, 0) is 37.8 Å². The van der Waals surface area contributed by atoms with Crippen molar-refractivity contribution in [1.29, 1.82) is 0 Å². The van der Waals surface area contributed by atoms with E-state index in [2.05, 4.69) is 38.0 Å². The Hall–Kier alpha value is -1.58. The molecule has 0 atom stereocenters. The van der Waals surface area contributed by atoms with Crippen LogP contribution in [-0.4, -0.2) is 34.9 Å². The Bertz CT molecular complexity index is 424. The van der Waals surface area contributed by atoms with Crippen molar-refractivity contribution in [2.45, 2.75) is 53.5 Å². The Morgan fingerprint density at radius 3 is 2.33 bits per heavy atom. The number of nitrogens with zero attached hydrogens (tertiary/aromatic N) is 2. The van der Waals surface area contributed by atoms with Crippen molar-refractivity contribution < 1.29 is 4.79 Å². The molecule has 0 saturated carbocycles. The Balaban J connectivity index is 2.92. The number of carbonyl (C=O) groups is 1. The first-order valence-electron chi connectivity index (χ1n) is 8.04. The lowest BCUT2D eigenvalue weighted by Crippen LogP contribution is -2.42. The van der Waals surface area contributed by atoms with E-state index in [4.69, 9.17) is 0 Å². The topological polar surface area (TPSA) is 45.2 Å². The van der Waals surface area contributed by atoms with Gasteiger partial charge in [0.05, 0.1) is 5.56 Å². The average Bonchev–Trinajstić information content (AvgIpc) is 2.47. The molecule has 4 nitrogen and oxygen atoms in total. The summed E-state index contributed by atoms with van der Waals surface area (Å²) in [6.07, 6.45) is 3.64. The molecular weight excluding hydrogens is 262 g/mol. The lowest BCUT2D eigenvalue weighted by atomic mass is 10.1. The fraction of sp³-hybridized carbons (Fsp3) is 0.647. The number of aromatic nitrogens is 1. The number of rotatable bonds is 8. The minimum absolute atomic E-state index is 0.0907. The van der Waals surface area contributed by atoms with Crippen LogP contribution in [0.2, 0.25) is 0 Å². The monoisotopic (exact) mass is 291 g/mol. The lowest BCUT2D eigenvalue weighted by molar-refractivity contribution is 0.0640. The van der Waals surface area contributed by atoms with Crippen molar-refractivity contribution in [2.75, 3.05) is 18.4 Å². The maximum atomic E-state index is 12.8. The highest BCUT2D eigenvalue weighted by atomic mass is 16.2. The van der Waals surface area contributed by atoms with Gasteiger partial charge in [-0.25, -0.2) is 4.98 Å². The van der Waals surface area contributed by atoms with Gasteiger partial charge in [-0.1, -0.05) is 27.7 Å². The van der Waals surface area contributed by atoms with Gasteiger partial charge in [0.15, 0.2) is 0 Å². The predicted molar refractivity (Wildman–Crippen MR) is 88.6 cm³/mol. The molecule has 4 heteroatoms. The number of nitrogens with one attached hydrogen (secondary N) is 1. The highest BCUT2D eigenvalue weighted by Crippen LogP contribution is 2.16. The van der Waals surface area contributed by atoms with Gasteiger partial charge >= 0.3 is 0 Å². The number of pyridine rings is 1. The minimum Gasteiger partial charge on any atom is -0.370 e. The summed E-state index contributed by atoms with van der Waals surface area (Å²) in [5, 5.41) is 3.14. The maximum absolute atomic E-state index is 12.8. The van der Waals surface area contributed by atoms with Crippen LogP contribution in [-0.2, 0) is 0 Å². The van der Waals surface area contributed by atoms with E-state index in [1.54, 1.807) is 6.20 Å². The summed E-state index contributed by atoms with van der Waals surface area (Å²) < 4.78 is 0. The van der Waals surface area contributed by atoms with Crippen LogP contribution >= 0.6 is 0 Å². The Labute approximate surface area is 129 Å². The fourth-order valence-corrected chi connectivity index (χ4v) is 2.49. The molecule has 0 radical (unpaired) electrons. The highest BCUT2D eigenvalue weighted by molar-refractivity contribution is 5.94. The van der Waals surface area contributed by atoms with E-state index in [0.29, 0.717) is 17.5 Å². The van der Waals surface area contributed by atoms with E-state index < -0.39 is 0 Å². The summed E-state index contributed by atoms with van der Waals surface area (Å²) in [7, 11) is 0. The Morgan fingerprint density at radius 1 is 1.24 bits per heavy atom. The van der Waals surface area contributed by atoms with E-state index in [0.717, 1.165) is 31.7 Å². The normalized spacial score (nSPS) is 11.0. The predicted octanol–water partition coefficient (Wildman–Crippen LogP) is 3.80. The van der Waals surface area contributed by atoms with Gasteiger partial charge in [0.25, 0.3) is 5.91 Å². The van der Waals surface area contributed by atoms with Gasteiger partial charge in [0.1, 0.15) is 5.82 Å². The molecule has 0 aliphatic carbocycles. The van der Waals surface area contributed by atoms with E-state index in [1.165, 1.54) is 0 Å². The minimum atomic E-state index is 0.0907. The highest BCUT2D eigenvalue weighted by Gasteiger charge is 2.23. The second-order valence-electron chi connectivity index (χ2n) is 5.78. The molecule has 1 heterocycles. The molecule has 0 aliphatic rings. The molecular formula is C17H29N3O. The van der Waals surface area contributed by atoms with Gasteiger partial charge in [0.2, 0.25) is 0 Å². The second kappa shape index (κ2) is 8.65. The Kier molecular flexibility index (Phi) is 7.20. The third kappa shape index (κ3) is 5.03. The number of anilines is 1. The van der Waals surface area contributed by atoms with Crippen LogP contribution in [0, 0.1) is 5.92 Å². The third-order valence-electron chi connectivity index (χ3n) is 3.57. The number of carbonyl (C=O) groups excluding carboxylic acids is 1. The molecule has 0 unspecified atom stereocenters. The molecule has 1 aromatic heterocycles. The number of hydrogen-bond acceptors (Lipinski definition) is 3. The Morgan fingerprint density at radius 2 is 1.90 bits per heavy atom. The van der Waals surface area contributed by atoms with Crippen LogP contribution in [0.5, 0.6) is 0 Å². The zero-order valence-electron chi connectivity index (χ0n) is 14.0. The van der Waals surface area contributed by atoms with Crippen molar-refractivity contribution in [2.24, 2.45) is 5.92 Å². The molecule has 0 spiro atoms. The van der Waals surface area contributed by atoms with Crippen LogP contribution in [0.1, 0.15) is 57.8 Å². The molecule has 1 amide bonds. The van der Waals surface area contributed by atoms with Gasteiger partial charge < -0.3 is 10.2 Å². The van der Waals surface area contributed by atoms with Gasteiger partial charge in [-0.15, -0.1) is 0 Å². The first-order valence-corrected chi connectivity index (χ1v) is 8.04. The zero-order chi connectivity index (χ0) is 15.8. The molecule has 0 bridgehead atoms. The van der Waals surface area contributed by atoms with Gasteiger partial charge in [0, 0.05) is 25.3 Å². The van der Waals surface area contributed by atoms with Crippen LogP contribution < -0.4 is 5.32 Å². The molecule has 0 aliphatic heterocycles. The standard InChI is InChI=1S/C17H29N3O/c1-6-15(7-2)20(12-13(4)5)17(21)14-9-10-16(18-8-3)19-11-14/h9-11,13,15H,6-8,12H2,1-5H3,(H,18,19). The van der Waals surface area contributed by atoms with E-state index >= 15 is 0 Å². The molecule has 1 rings (SSSR count). The summed E-state index contributed by atoms with van der Waals surface area (Å²) in [5.74, 6) is 1.36. The molecule has 0 saturated heterocycles. The van der Waals surface area contributed by atoms with Crippen molar-refractivity contribution >= 4 is 11.7 Å². The van der Waals surface area contributed by atoms with Crippen molar-refractivity contribution in [3.05, 3.63) is 23.9 Å². The van der Waals surface area contributed by atoms with Crippen LogP contribution in [0.3, 0.4) is 0 Å². The van der Waals surface area contributed by atoms with E-state index in [9.17, 15) is 4.79 Å². The van der Waals surface area contributed by atoms with Crippen molar-refractivity contribution in [1.82, 2.24) is 9.88 Å². The molecule has 1 aromatic rings. The van der Waals surface area contributed by atoms with E-state index in [-0.39, 0.29) is 5.91 Å².